The van der Waals surface area contributed by atoms with Crippen molar-refractivity contribution in [2.75, 3.05) is 0 Å². The minimum atomic E-state index is -0.623. The molecule has 3 heteroatoms. The van der Waals surface area contributed by atoms with Gasteiger partial charge in [-0.2, -0.15) is 0 Å². The maximum Gasteiger partial charge on any atom is 0.288 e. The van der Waals surface area contributed by atoms with E-state index in [4.69, 9.17) is 0 Å². The maximum atomic E-state index is 11.8. The lowest BCUT2D eigenvalue weighted by Gasteiger charge is -2.33. The van der Waals surface area contributed by atoms with Crippen LogP contribution in [0, 0.1) is 10.8 Å². The first-order chi connectivity index (χ1) is 7.25. The molecule has 17 heavy (non-hydrogen) atoms. The van der Waals surface area contributed by atoms with Crippen molar-refractivity contribution in [1.82, 2.24) is 5.32 Å². The minimum Gasteiger partial charge on any atom is -0.345 e. The standard InChI is InChI=1S/C14H27NO2/c1-12(2,3)9-14(7,8)15-11(17)10(16)13(4,5)6/h9H2,1-8H3,(H,15,17). The summed E-state index contributed by atoms with van der Waals surface area (Å²) in [7, 11) is 0. The Morgan fingerprint density at radius 3 is 1.59 bits per heavy atom. The zero-order chi connectivity index (χ0) is 14.1. The van der Waals surface area contributed by atoms with E-state index in [0.29, 0.717) is 0 Å². The molecule has 0 atom stereocenters. The van der Waals surface area contributed by atoms with Crippen LogP contribution in [0.5, 0.6) is 0 Å². The van der Waals surface area contributed by atoms with Gasteiger partial charge in [-0.3, -0.25) is 9.59 Å². The second kappa shape index (κ2) is 4.79. The van der Waals surface area contributed by atoms with Crippen LogP contribution in [0.15, 0.2) is 0 Å². The Bertz CT molecular complexity index is 303. The van der Waals surface area contributed by atoms with Gasteiger partial charge in [0.2, 0.25) is 5.78 Å². The Labute approximate surface area is 105 Å². The Kier molecular flexibility index (Phi) is 4.55. The van der Waals surface area contributed by atoms with Crippen LogP contribution in [0.4, 0.5) is 0 Å². The molecule has 0 aliphatic rings. The maximum absolute atomic E-state index is 11.8. The summed E-state index contributed by atoms with van der Waals surface area (Å²) in [5.41, 5.74) is -0.875. The van der Waals surface area contributed by atoms with Crippen molar-refractivity contribution in [2.45, 2.75) is 67.3 Å². The van der Waals surface area contributed by atoms with Gasteiger partial charge in [0.1, 0.15) is 0 Å². The summed E-state index contributed by atoms with van der Waals surface area (Å²) in [5, 5.41) is 2.83. The first-order valence-corrected chi connectivity index (χ1v) is 6.12. The zero-order valence-electron chi connectivity index (χ0n) is 12.5. The summed E-state index contributed by atoms with van der Waals surface area (Å²) < 4.78 is 0. The molecule has 0 bridgehead atoms. The molecular weight excluding hydrogens is 214 g/mol. The first-order valence-electron chi connectivity index (χ1n) is 6.12. The van der Waals surface area contributed by atoms with Crippen molar-refractivity contribution in [2.24, 2.45) is 10.8 Å². The molecule has 0 heterocycles. The second-order valence-corrected chi connectivity index (χ2v) is 7.65. The lowest BCUT2D eigenvalue weighted by molar-refractivity contribution is -0.143. The largest absolute Gasteiger partial charge is 0.345 e. The lowest BCUT2D eigenvalue weighted by Crippen LogP contribution is -2.50. The molecule has 0 spiro atoms. The van der Waals surface area contributed by atoms with Crippen molar-refractivity contribution in [3.8, 4) is 0 Å². The molecule has 0 unspecified atom stereocenters. The van der Waals surface area contributed by atoms with E-state index in [2.05, 4.69) is 26.1 Å². The number of nitrogens with one attached hydrogen (secondary N) is 1. The summed E-state index contributed by atoms with van der Waals surface area (Å²) in [6, 6.07) is 0. The van der Waals surface area contributed by atoms with E-state index in [0.717, 1.165) is 6.42 Å². The molecule has 0 aliphatic carbocycles. The van der Waals surface area contributed by atoms with Gasteiger partial charge >= 0.3 is 0 Å². The average Bonchev–Trinajstić information content (AvgIpc) is 1.94. The number of carbonyl (C=O) groups excluding carboxylic acids is 2. The zero-order valence-corrected chi connectivity index (χ0v) is 12.5. The van der Waals surface area contributed by atoms with Gasteiger partial charge in [-0.25, -0.2) is 0 Å². The summed E-state index contributed by atoms with van der Waals surface area (Å²) in [4.78, 5) is 23.6. The highest BCUT2D eigenvalue weighted by Crippen LogP contribution is 2.27. The van der Waals surface area contributed by atoms with Crippen LogP contribution in [0.1, 0.15) is 61.8 Å². The van der Waals surface area contributed by atoms with Crippen LogP contribution in [0.3, 0.4) is 0 Å². The van der Waals surface area contributed by atoms with Crippen LogP contribution < -0.4 is 5.32 Å². The van der Waals surface area contributed by atoms with Crippen molar-refractivity contribution in [3.63, 3.8) is 0 Å². The van der Waals surface area contributed by atoms with Gasteiger partial charge in [-0.05, 0) is 25.7 Å². The van der Waals surface area contributed by atoms with Crippen LogP contribution in [0.25, 0.3) is 0 Å². The molecule has 0 saturated carbocycles. The lowest BCUT2D eigenvalue weighted by atomic mass is 9.81. The smallest absolute Gasteiger partial charge is 0.288 e. The van der Waals surface area contributed by atoms with E-state index >= 15 is 0 Å². The number of carbonyl (C=O) groups is 2. The monoisotopic (exact) mass is 241 g/mol. The van der Waals surface area contributed by atoms with Gasteiger partial charge in [0.15, 0.2) is 0 Å². The van der Waals surface area contributed by atoms with E-state index < -0.39 is 11.3 Å². The topological polar surface area (TPSA) is 46.2 Å². The Hall–Kier alpha value is -0.860. The fraction of sp³-hybridized carbons (Fsp3) is 0.857. The van der Waals surface area contributed by atoms with Crippen molar-refractivity contribution >= 4 is 11.7 Å². The van der Waals surface area contributed by atoms with E-state index in [1.54, 1.807) is 20.8 Å². The van der Waals surface area contributed by atoms with Gasteiger partial charge in [0.05, 0.1) is 0 Å². The van der Waals surface area contributed by atoms with Crippen molar-refractivity contribution in [1.29, 1.82) is 0 Å². The Morgan fingerprint density at radius 1 is 0.882 bits per heavy atom. The number of Topliss-reactive ketones (excluding diaryl/α,β-unsaturated/α-hetero) is 1. The predicted molar refractivity (Wildman–Crippen MR) is 70.8 cm³/mol. The fourth-order valence-corrected chi connectivity index (χ4v) is 2.07. The highest BCUT2D eigenvalue weighted by molar-refractivity contribution is 6.38. The average molecular weight is 241 g/mol. The fourth-order valence-electron chi connectivity index (χ4n) is 2.07. The van der Waals surface area contributed by atoms with E-state index in [9.17, 15) is 9.59 Å². The van der Waals surface area contributed by atoms with E-state index in [1.807, 2.05) is 13.8 Å². The number of rotatable bonds is 3. The summed E-state index contributed by atoms with van der Waals surface area (Å²) in [6.07, 6.45) is 0.823. The molecule has 1 amide bonds. The van der Waals surface area contributed by atoms with Crippen LogP contribution in [-0.2, 0) is 9.59 Å². The SMILES string of the molecule is CC(C)(C)CC(C)(C)NC(=O)C(=O)C(C)(C)C. The van der Waals surface area contributed by atoms with E-state index in [-0.39, 0.29) is 16.7 Å². The van der Waals surface area contributed by atoms with Gasteiger partial charge in [0.25, 0.3) is 5.91 Å². The molecule has 0 aliphatic heterocycles. The van der Waals surface area contributed by atoms with Crippen LogP contribution >= 0.6 is 0 Å². The molecule has 0 aromatic carbocycles. The molecule has 0 fully saturated rings. The van der Waals surface area contributed by atoms with Crippen LogP contribution in [-0.4, -0.2) is 17.2 Å². The third-order valence-electron chi connectivity index (χ3n) is 2.31. The Balaban J connectivity index is 4.64. The molecule has 1 N–H and O–H groups in total. The molecule has 0 radical (unpaired) electrons. The van der Waals surface area contributed by atoms with E-state index in [1.165, 1.54) is 0 Å². The van der Waals surface area contributed by atoms with Crippen molar-refractivity contribution in [3.05, 3.63) is 0 Å². The van der Waals surface area contributed by atoms with Gasteiger partial charge in [0, 0.05) is 11.0 Å². The number of ketones is 1. The van der Waals surface area contributed by atoms with Gasteiger partial charge < -0.3 is 5.32 Å². The molecular formula is C14H27NO2. The third-order valence-corrected chi connectivity index (χ3v) is 2.31. The number of hydrogen-bond donors (Lipinski definition) is 1. The van der Waals surface area contributed by atoms with Gasteiger partial charge in [-0.15, -0.1) is 0 Å². The number of hydrogen-bond acceptors (Lipinski definition) is 2. The quantitative estimate of drug-likeness (QED) is 0.772. The molecule has 100 valence electrons. The third kappa shape index (κ3) is 6.44. The molecule has 3 nitrogen and oxygen atoms in total. The summed E-state index contributed by atoms with van der Waals surface area (Å²) in [5.74, 6) is -0.841. The second-order valence-electron chi connectivity index (χ2n) is 7.65. The Morgan fingerprint density at radius 2 is 1.29 bits per heavy atom. The normalized spacial score (nSPS) is 13.4. The molecule has 0 aromatic rings. The molecule has 0 rings (SSSR count). The van der Waals surface area contributed by atoms with Gasteiger partial charge in [-0.1, -0.05) is 41.5 Å². The predicted octanol–water partition coefficient (Wildman–Crippen LogP) is 2.93. The molecule has 0 aromatic heterocycles. The minimum absolute atomic E-state index is 0.113. The summed E-state index contributed by atoms with van der Waals surface area (Å²) >= 11 is 0. The highest BCUT2D eigenvalue weighted by atomic mass is 16.2. The summed E-state index contributed by atoms with van der Waals surface area (Å²) in [6.45, 7) is 15.5. The number of amides is 1. The highest BCUT2D eigenvalue weighted by Gasteiger charge is 2.33. The van der Waals surface area contributed by atoms with Crippen molar-refractivity contribution < 1.29 is 9.59 Å². The molecule has 0 saturated heterocycles. The first kappa shape index (κ1) is 16.1. The van der Waals surface area contributed by atoms with Crippen LogP contribution in [0.2, 0.25) is 0 Å².